The molecule has 0 fully saturated rings. The third kappa shape index (κ3) is 2.51. The summed E-state index contributed by atoms with van der Waals surface area (Å²) in [6.07, 6.45) is 0. The minimum absolute atomic E-state index is 0.208. The minimum Gasteiger partial charge on any atom is -0.324 e. The van der Waals surface area contributed by atoms with Crippen LogP contribution >= 0.6 is 0 Å². The summed E-state index contributed by atoms with van der Waals surface area (Å²) in [7, 11) is 0. The Morgan fingerprint density at radius 3 is 1.86 bits per heavy atom. The van der Waals surface area contributed by atoms with E-state index in [0.29, 0.717) is 5.56 Å². The third-order valence-electron chi connectivity index (χ3n) is 2.18. The van der Waals surface area contributed by atoms with Gasteiger partial charge in [-0.15, -0.1) is 0 Å². The van der Waals surface area contributed by atoms with Gasteiger partial charge in [-0.25, -0.2) is 8.78 Å². The first kappa shape index (κ1) is 11.1. The second-order valence-corrected chi connectivity index (χ2v) is 4.55. The third-order valence-corrected chi connectivity index (χ3v) is 2.18. The molecule has 3 heteroatoms. The van der Waals surface area contributed by atoms with Gasteiger partial charge in [-0.2, -0.15) is 0 Å². The Bertz CT molecular complexity index is 308. The molecule has 1 nitrogen and oxygen atoms in total. The van der Waals surface area contributed by atoms with E-state index in [2.05, 4.69) is 0 Å². The maximum atomic E-state index is 12.9. The molecule has 2 N–H and O–H groups in total. The molecule has 78 valence electrons. The van der Waals surface area contributed by atoms with E-state index >= 15 is 0 Å². The van der Waals surface area contributed by atoms with Gasteiger partial charge in [-0.3, -0.25) is 0 Å². The Hall–Kier alpha value is -0.960. The standard InChI is InChI=1S/C11H15F2N/c1-11(2,3)10(14)7-4-8(12)6-9(13)5-7/h4-6,10H,14H2,1-3H3/t10-/m1/s1. The topological polar surface area (TPSA) is 26.0 Å². The van der Waals surface area contributed by atoms with E-state index in [0.717, 1.165) is 6.07 Å². The molecule has 0 aliphatic rings. The van der Waals surface area contributed by atoms with Crippen molar-refractivity contribution >= 4 is 0 Å². The summed E-state index contributed by atoms with van der Waals surface area (Å²) in [5, 5.41) is 0. The molecule has 1 rings (SSSR count). The van der Waals surface area contributed by atoms with Gasteiger partial charge in [0.1, 0.15) is 11.6 Å². The monoisotopic (exact) mass is 199 g/mol. The second-order valence-electron chi connectivity index (χ2n) is 4.55. The number of halogens is 2. The summed E-state index contributed by atoms with van der Waals surface area (Å²) < 4.78 is 25.8. The van der Waals surface area contributed by atoms with Crippen molar-refractivity contribution in [3.63, 3.8) is 0 Å². The van der Waals surface area contributed by atoms with Gasteiger partial charge in [0.05, 0.1) is 0 Å². The van der Waals surface area contributed by atoms with Gasteiger partial charge >= 0.3 is 0 Å². The van der Waals surface area contributed by atoms with Gasteiger partial charge in [0.2, 0.25) is 0 Å². The Morgan fingerprint density at radius 2 is 1.50 bits per heavy atom. The molecule has 14 heavy (non-hydrogen) atoms. The van der Waals surface area contributed by atoms with Crippen LogP contribution in [0.3, 0.4) is 0 Å². The largest absolute Gasteiger partial charge is 0.324 e. The summed E-state index contributed by atoms with van der Waals surface area (Å²) in [5.74, 6) is -1.17. The lowest BCUT2D eigenvalue weighted by atomic mass is 9.83. The lowest BCUT2D eigenvalue weighted by Crippen LogP contribution is -2.26. The Morgan fingerprint density at radius 1 is 1.07 bits per heavy atom. The van der Waals surface area contributed by atoms with Gasteiger partial charge < -0.3 is 5.73 Å². The van der Waals surface area contributed by atoms with E-state index in [1.54, 1.807) is 0 Å². The van der Waals surface area contributed by atoms with Crippen LogP contribution in [0.5, 0.6) is 0 Å². The van der Waals surface area contributed by atoms with Crippen molar-refractivity contribution in [2.24, 2.45) is 11.1 Å². The van der Waals surface area contributed by atoms with Crippen molar-refractivity contribution in [2.75, 3.05) is 0 Å². The zero-order chi connectivity index (χ0) is 10.9. The average Bonchev–Trinajstić information content (AvgIpc) is 1.99. The summed E-state index contributed by atoms with van der Waals surface area (Å²) in [4.78, 5) is 0. The molecule has 0 saturated heterocycles. The maximum Gasteiger partial charge on any atom is 0.126 e. The van der Waals surface area contributed by atoms with Crippen molar-refractivity contribution in [2.45, 2.75) is 26.8 Å². The van der Waals surface area contributed by atoms with Crippen LogP contribution in [0.15, 0.2) is 18.2 Å². The molecule has 1 atom stereocenters. The van der Waals surface area contributed by atoms with Crippen LogP contribution in [0.4, 0.5) is 8.78 Å². The summed E-state index contributed by atoms with van der Waals surface area (Å²) in [5.41, 5.74) is 6.16. The Kier molecular flexibility index (Phi) is 2.90. The number of hydrogen-bond acceptors (Lipinski definition) is 1. The molecule has 1 aromatic rings. The lowest BCUT2D eigenvalue weighted by molar-refractivity contribution is 0.325. The Labute approximate surface area is 82.9 Å². The maximum absolute atomic E-state index is 12.9. The molecule has 0 unspecified atom stereocenters. The minimum atomic E-state index is -0.584. The van der Waals surface area contributed by atoms with Gasteiger partial charge in [-0.1, -0.05) is 20.8 Å². The fourth-order valence-corrected chi connectivity index (χ4v) is 1.25. The highest BCUT2D eigenvalue weighted by Crippen LogP contribution is 2.30. The smallest absolute Gasteiger partial charge is 0.126 e. The summed E-state index contributed by atoms with van der Waals surface area (Å²) in [6, 6.07) is 3.03. The number of rotatable bonds is 1. The summed E-state index contributed by atoms with van der Waals surface area (Å²) >= 11 is 0. The predicted molar refractivity (Wildman–Crippen MR) is 52.7 cm³/mol. The van der Waals surface area contributed by atoms with Gasteiger partial charge in [0.25, 0.3) is 0 Å². The number of nitrogens with two attached hydrogens (primary N) is 1. The van der Waals surface area contributed by atoms with Crippen molar-refractivity contribution in [1.29, 1.82) is 0 Å². The fourth-order valence-electron chi connectivity index (χ4n) is 1.25. The van der Waals surface area contributed by atoms with Gasteiger partial charge in [0.15, 0.2) is 0 Å². The molecular weight excluding hydrogens is 184 g/mol. The molecule has 0 radical (unpaired) electrons. The molecular formula is C11H15F2N. The van der Waals surface area contributed by atoms with E-state index in [4.69, 9.17) is 5.73 Å². The highest BCUT2D eigenvalue weighted by molar-refractivity contribution is 5.22. The Balaban J connectivity index is 3.07. The van der Waals surface area contributed by atoms with E-state index < -0.39 is 11.6 Å². The molecule has 0 spiro atoms. The quantitative estimate of drug-likeness (QED) is 0.739. The first-order chi connectivity index (χ1) is 6.30. The second kappa shape index (κ2) is 3.65. The molecule has 1 aromatic carbocycles. The molecule has 0 saturated carbocycles. The normalized spacial score (nSPS) is 14.1. The van der Waals surface area contributed by atoms with E-state index in [1.165, 1.54) is 12.1 Å². The van der Waals surface area contributed by atoms with Crippen LogP contribution in [0.25, 0.3) is 0 Å². The van der Waals surface area contributed by atoms with Crippen molar-refractivity contribution in [1.82, 2.24) is 0 Å². The first-order valence-corrected chi connectivity index (χ1v) is 4.52. The zero-order valence-corrected chi connectivity index (χ0v) is 8.64. The summed E-state index contributed by atoms with van der Waals surface area (Å²) in [6.45, 7) is 5.79. The van der Waals surface area contributed by atoms with E-state index in [1.807, 2.05) is 20.8 Å². The molecule has 0 amide bonds. The highest BCUT2D eigenvalue weighted by atomic mass is 19.1. The van der Waals surface area contributed by atoms with Gasteiger partial charge in [-0.05, 0) is 23.1 Å². The molecule has 0 heterocycles. The molecule has 0 aromatic heterocycles. The van der Waals surface area contributed by atoms with Crippen LogP contribution in [0.2, 0.25) is 0 Å². The van der Waals surface area contributed by atoms with Crippen LogP contribution < -0.4 is 5.73 Å². The van der Waals surface area contributed by atoms with Crippen molar-refractivity contribution in [3.05, 3.63) is 35.4 Å². The SMILES string of the molecule is CC(C)(C)[C@H](N)c1cc(F)cc(F)c1. The zero-order valence-electron chi connectivity index (χ0n) is 8.64. The van der Waals surface area contributed by atoms with Crippen molar-refractivity contribution < 1.29 is 8.78 Å². The fraction of sp³-hybridized carbons (Fsp3) is 0.455. The van der Waals surface area contributed by atoms with Crippen molar-refractivity contribution in [3.8, 4) is 0 Å². The van der Waals surface area contributed by atoms with Gasteiger partial charge in [0, 0.05) is 12.1 Å². The highest BCUT2D eigenvalue weighted by Gasteiger charge is 2.23. The number of hydrogen-bond donors (Lipinski definition) is 1. The predicted octanol–water partition coefficient (Wildman–Crippen LogP) is 3.01. The molecule has 0 aliphatic heterocycles. The van der Waals surface area contributed by atoms with Crippen LogP contribution in [-0.2, 0) is 0 Å². The van der Waals surface area contributed by atoms with Crippen LogP contribution in [0.1, 0.15) is 32.4 Å². The molecule has 0 bridgehead atoms. The van der Waals surface area contributed by atoms with E-state index in [-0.39, 0.29) is 11.5 Å². The van der Waals surface area contributed by atoms with Crippen LogP contribution in [0, 0.1) is 17.0 Å². The number of benzene rings is 1. The molecule has 0 aliphatic carbocycles. The lowest BCUT2D eigenvalue weighted by Gasteiger charge is -2.27. The van der Waals surface area contributed by atoms with Crippen LogP contribution in [-0.4, -0.2) is 0 Å². The first-order valence-electron chi connectivity index (χ1n) is 4.52. The van der Waals surface area contributed by atoms with E-state index in [9.17, 15) is 8.78 Å². The average molecular weight is 199 g/mol.